The molecule has 0 radical (unpaired) electrons. The van der Waals surface area contributed by atoms with E-state index in [1.165, 1.54) is 8.45 Å². The van der Waals surface area contributed by atoms with Crippen molar-refractivity contribution in [2.24, 2.45) is 0 Å². The third kappa shape index (κ3) is 3.15. The highest BCUT2D eigenvalue weighted by molar-refractivity contribution is 14.1. The topological polar surface area (TPSA) is 12.0 Å². The summed E-state index contributed by atoms with van der Waals surface area (Å²) in [5, 5.41) is 6.78. The Morgan fingerprint density at radius 1 is 1.29 bits per heavy atom. The van der Waals surface area contributed by atoms with Gasteiger partial charge in [0, 0.05) is 10.0 Å². The minimum Gasteiger partial charge on any atom is -0.309 e. The monoisotopic (exact) mass is 397 g/mol. The summed E-state index contributed by atoms with van der Waals surface area (Å²) in [7, 11) is 1.93. The quantitative estimate of drug-likeness (QED) is 0.721. The van der Waals surface area contributed by atoms with Gasteiger partial charge in [-0.05, 0) is 64.3 Å². The summed E-state index contributed by atoms with van der Waals surface area (Å²) in [5.74, 6) is 0. The van der Waals surface area contributed by atoms with Gasteiger partial charge in [0.2, 0.25) is 0 Å². The molecule has 0 aliphatic carbocycles. The second kappa shape index (κ2) is 5.89. The van der Waals surface area contributed by atoms with Gasteiger partial charge in [0.15, 0.2) is 0 Å². The van der Waals surface area contributed by atoms with Crippen LogP contribution in [-0.4, -0.2) is 7.05 Å². The standard InChI is InChI=1S/C12H10Cl2INS/c1-16-12(7-4-11(15)17-6-7)9-3-2-8(13)5-10(9)14/h2-6,12,16H,1H3. The molecule has 0 amide bonds. The molecule has 0 saturated heterocycles. The Morgan fingerprint density at radius 3 is 2.59 bits per heavy atom. The Labute approximate surface area is 128 Å². The van der Waals surface area contributed by atoms with E-state index in [1.807, 2.05) is 19.2 Å². The van der Waals surface area contributed by atoms with Crippen LogP contribution in [0.3, 0.4) is 0 Å². The van der Waals surface area contributed by atoms with Crippen LogP contribution in [0.1, 0.15) is 17.2 Å². The lowest BCUT2D eigenvalue weighted by atomic mass is 10.0. The molecule has 1 aromatic heterocycles. The highest BCUT2D eigenvalue weighted by Crippen LogP contribution is 2.32. The summed E-state index contributed by atoms with van der Waals surface area (Å²) in [4.78, 5) is 0. The molecule has 0 fully saturated rings. The molecule has 17 heavy (non-hydrogen) atoms. The first-order chi connectivity index (χ1) is 8.11. The summed E-state index contributed by atoms with van der Waals surface area (Å²) in [6.07, 6.45) is 0. The zero-order valence-corrected chi connectivity index (χ0v) is 13.5. The van der Waals surface area contributed by atoms with E-state index in [1.54, 1.807) is 17.4 Å². The van der Waals surface area contributed by atoms with Gasteiger partial charge in [0.1, 0.15) is 0 Å². The maximum Gasteiger partial charge on any atom is 0.0656 e. The average Bonchev–Trinajstić information content (AvgIpc) is 2.69. The minimum atomic E-state index is 0.111. The fourth-order valence-corrected chi connectivity index (χ4v) is 3.63. The molecule has 1 N–H and O–H groups in total. The predicted molar refractivity (Wildman–Crippen MR) is 84.4 cm³/mol. The number of hydrogen-bond donors (Lipinski definition) is 1. The van der Waals surface area contributed by atoms with Crippen LogP contribution in [0, 0.1) is 2.88 Å². The van der Waals surface area contributed by atoms with E-state index in [0.717, 1.165) is 5.56 Å². The van der Waals surface area contributed by atoms with Crippen LogP contribution >= 0.6 is 57.1 Å². The third-order valence-electron chi connectivity index (χ3n) is 2.48. The number of rotatable bonds is 3. The molecule has 5 heteroatoms. The molecule has 0 aliphatic heterocycles. The second-order valence-corrected chi connectivity index (χ2v) is 7.22. The summed E-state index contributed by atoms with van der Waals surface area (Å²) in [5.41, 5.74) is 2.28. The van der Waals surface area contributed by atoms with E-state index < -0.39 is 0 Å². The third-order valence-corrected chi connectivity index (χ3v) is 4.85. The summed E-state index contributed by atoms with van der Waals surface area (Å²) in [6.45, 7) is 0. The lowest BCUT2D eigenvalue weighted by molar-refractivity contribution is 0.694. The van der Waals surface area contributed by atoms with E-state index in [2.05, 4.69) is 39.4 Å². The fourth-order valence-electron chi connectivity index (χ4n) is 1.71. The SMILES string of the molecule is CNC(c1csc(I)c1)c1ccc(Cl)cc1Cl. The molecule has 1 heterocycles. The first-order valence-electron chi connectivity index (χ1n) is 4.98. The molecular weight excluding hydrogens is 388 g/mol. The number of halogens is 3. The molecule has 0 aliphatic rings. The highest BCUT2D eigenvalue weighted by Gasteiger charge is 2.16. The minimum absolute atomic E-state index is 0.111. The van der Waals surface area contributed by atoms with Crippen LogP contribution in [0.25, 0.3) is 0 Å². The second-order valence-electron chi connectivity index (χ2n) is 3.57. The van der Waals surface area contributed by atoms with Crippen LogP contribution in [-0.2, 0) is 0 Å². The van der Waals surface area contributed by atoms with Crippen LogP contribution < -0.4 is 5.32 Å². The van der Waals surface area contributed by atoms with Gasteiger partial charge >= 0.3 is 0 Å². The zero-order valence-electron chi connectivity index (χ0n) is 9.01. The fraction of sp³-hybridized carbons (Fsp3) is 0.167. The Kier molecular flexibility index (Phi) is 4.72. The molecule has 90 valence electrons. The smallest absolute Gasteiger partial charge is 0.0656 e. The Morgan fingerprint density at radius 2 is 2.06 bits per heavy atom. The lowest BCUT2D eigenvalue weighted by Gasteiger charge is -2.17. The molecule has 2 aromatic rings. The first kappa shape index (κ1) is 13.6. The molecule has 1 unspecified atom stereocenters. The van der Waals surface area contributed by atoms with Crippen molar-refractivity contribution in [3.63, 3.8) is 0 Å². The zero-order chi connectivity index (χ0) is 12.4. The van der Waals surface area contributed by atoms with Gasteiger partial charge in [-0.25, -0.2) is 0 Å². The van der Waals surface area contributed by atoms with Gasteiger partial charge in [-0.1, -0.05) is 29.3 Å². The molecule has 1 nitrogen and oxygen atoms in total. The summed E-state index contributed by atoms with van der Waals surface area (Å²) >= 11 is 16.2. The largest absolute Gasteiger partial charge is 0.309 e. The van der Waals surface area contributed by atoms with Gasteiger partial charge in [-0.15, -0.1) is 11.3 Å². The van der Waals surface area contributed by atoms with Crippen molar-refractivity contribution >= 4 is 57.1 Å². The molecule has 1 atom stereocenters. The molecule has 0 saturated carbocycles. The highest BCUT2D eigenvalue weighted by atomic mass is 127. The van der Waals surface area contributed by atoms with Gasteiger partial charge in [-0.3, -0.25) is 0 Å². The normalized spacial score (nSPS) is 12.7. The van der Waals surface area contributed by atoms with Crippen LogP contribution in [0.5, 0.6) is 0 Å². The van der Waals surface area contributed by atoms with Crippen molar-refractivity contribution in [2.75, 3.05) is 7.05 Å². The predicted octanol–water partition coefficient (Wildman–Crippen LogP) is 4.97. The summed E-state index contributed by atoms with van der Waals surface area (Å²) < 4.78 is 1.27. The molecule has 2 rings (SSSR count). The van der Waals surface area contributed by atoms with Crippen molar-refractivity contribution in [3.8, 4) is 0 Å². The van der Waals surface area contributed by atoms with E-state index >= 15 is 0 Å². The number of hydrogen-bond acceptors (Lipinski definition) is 2. The maximum atomic E-state index is 6.24. The summed E-state index contributed by atoms with van der Waals surface area (Å²) in [6, 6.07) is 7.89. The number of benzene rings is 1. The lowest BCUT2D eigenvalue weighted by Crippen LogP contribution is -2.17. The van der Waals surface area contributed by atoms with Crippen molar-refractivity contribution in [1.82, 2.24) is 5.32 Å². The Balaban J connectivity index is 2.42. The Bertz CT molecular complexity index is 527. The Hall–Kier alpha value is 0.190. The molecule has 0 bridgehead atoms. The first-order valence-corrected chi connectivity index (χ1v) is 7.69. The van der Waals surface area contributed by atoms with Crippen molar-refractivity contribution in [3.05, 3.63) is 53.7 Å². The van der Waals surface area contributed by atoms with Gasteiger partial charge < -0.3 is 5.32 Å². The van der Waals surface area contributed by atoms with E-state index in [9.17, 15) is 0 Å². The van der Waals surface area contributed by atoms with Crippen LogP contribution in [0.15, 0.2) is 29.6 Å². The van der Waals surface area contributed by atoms with E-state index in [-0.39, 0.29) is 6.04 Å². The van der Waals surface area contributed by atoms with Crippen molar-refractivity contribution < 1.29 is 0 Å². The average molecular weight is 398 g/mol. The van der Waals surface area contributed by atoms with Gasteiger partial charge in [-0.2, -0.15) is 0 Å². The van der Waals surface area contributed by atoms with Crippen molar-refractivity contribution in [2.45, 2.75) is 6.04 Å². The maximum absolute atomic E-state index is 6.24. The van der Waals surface area contributed by atoms with E-state index in [0.29, 0.717) is 10.0 Å². The van der Waals surface area contributed by atoms with Gasteiger partial charge in [0.05, 0.1) is 8.93 Å². The van der Waals surface area contributed by atoms with Crippen LogP contribution in [0.4, 0.5) is 0 Å². The molecule has 1 aromatic carbocycles. The number of nitrogens with one attached hydrogen (secondary N) is 1. The van der Waals surface area contributed by atoms with E-state index in [4.69, 9.17) is 23.2 Å². The molecular formula is C12H10Cl2INS. The van der Waals surface area contributed by atoms with Crippen molar-refractivity contribution in [1.29, 1.82) is 0 Å². The number of thiophene rings is 1. The molecule has 0 spiro atoms. The van der Waals surface area contributed by atoms with Crippen LogP contribution in [0.2, 0.25) is 10.0 Å². The van der Waals surface area contributed by atoms with Gasteiger partial charge in [0.25, 0.3) is 0 Å².